The molecule has 0 saturated carbocycles. The number of carbonyl (C=O) groups excluding carboxylic acids is 2. The van der Waals surface area contributed by atoms with Gasteiger partial charge in [-0.25, -0.2) is 4.79 Å². The molecule has 1 aromatic heterocycles. The zero-order chi connectivity index (χ0) is 22.0. The minimum atomic E-state index is -0.933. The van der Waals surface area contributed by atoms with Gasteiger partial charge in [-0.15, -0.1) is 0 Å². The Labute approximate surface area is 195 Å². The van der Waals surface area contributed by atoms with Crippen LogP contribution >= 0.6 is 58.0 Å². The van der Waals surface area contributed by atoms with Gasteiger partial charge in [0.25, 0.3) is 5.91 Å². The second-order valence-electron chi connectivity index (χ2n) is 5.81. The van der Waals surface area contributed by atoms with Crippen LogP contribution in [0, 0.1) is 0 Å². The molecule has 11 heteroatoms. The second-order valence-corrected chi connectivity index (χ2v) is 7.85. The van der Waals surface area contributed by atoms with Crippen molar-refractivity contribution in [2.45, 2.75) is 0 Å². The van der Waals surface area contributed by atoms with E-state index in [2.05, 4.69) is 15.6 Å². The van der Waals surface area contributed by atoms with E-state index in [4.69, 9.17) is 58.0 Å². The van der Waals surface area contributed by atoms with Gasteiger partial charge >= 0.3 is 6.03 Å². The van der Waals surface area contributed by atoms with Gasteiger partial charge in [0, 0.05) is 11.8 Å². The molecule has 3 amide bonds. The summed E-state index contributed by atoms with van der Waals surface area (Å²) < 4.78 is 0. The van der Waals surface area contributed by atoms with E-state index in [1.807, 2.05) is 0 Å². The van der Waals surface area contributed by atoms with Crippen molar-refractivity contribution >= 4 is 75.6 Å². The summed E-state index contributed by atoms with van der Waals surface area (Å²) in [5.41, 5.74) is 0.503. The van der Waals surface area contributed by atoms with E-state index in [1.54, 1.807) is 6.07 Å². The number of benzene rings is 2. The number of aromatic nitrogens is 1. The molecule has 0 spiro atoms. The van der Waals surface area contributed by atoms with Crippen molar-refractivity contribution in [3.63, 3.8) is 0 Å². The van der Waals surface area contributed by atoms with Gasteiger partial charge in [0.2, 0.25) is 0 Å². The summed E-state index contributed by atoms with van der Waals surface area (Å²) in [4.78, 5) is 28.6. The van der Waals surface area contributed by atoms with Gasteiger partial charge in [-0.2, -0.15) is 0 Å². The lowest BCUT2D eigenvalue weighted by atomic mass is 10.1. The van der Waals surface area contributed by atoms with Gasteiger partial charge in [0.15, 0.2) is 5.75 Å². The number of nitrogens with zero attached hydrogens (tertiary/aromatic N) is 1. The summed E-state index contributed by atoms with van der Waals surface area (Å²) in [6.45, 7) is 0. The fourth-order valence-corrected chi connectivity index (χ4v) is 3.80. The van der Waals surface area contributed by atoms with E-state index < -0.39 is 17.7 Å². The Morgan fingerprint density at radius 2 is 1.60 bits per heavy atom. The molecule has 154 valence electrons. The Kier molecular flexibility index (Phi) is 6.95. The van der Waals surface area contributed by atoms with E-state index >= 15 is 0 Å². The fraction of sp³-hybridized carbons (Fsp3) is 0. The molecule has 0 radical (unpaired) electrons. The third kappa shape index (κ3) is 4.74. The van der Waals surface area contributed by atoms with Crippen molar-refractivity contribution in [2.24, 2.45) is 0 Å². The van der Waals surface area contributed by atoms with Gasteiger partial charge in [0.1, 0.15) is 0 Å². The topological polar surface area (TPSA) is 91.3 Å². The molecule has 0 fully saturated rings. The number of nitrogens with one attached hydrogen (secondary N) is 2. The first-order valence-electron chi connectivity index (χ1n) is 8.08. The molecular formula is C19H10Cl5N3O3. The van der Waals surface area contributed by atoms with Gasteiger partial charge in [-0.1, -0.05) is 64.1 Å². The number of amides is 3. The first-order valence-corrected chi connectivity index (χ1v) is 9.97. The molecule has 0 bridgehead atoms. The SMILES string of the molecule is O=C(NC(=O)c1c(Cl)cccc1Cl)Nc1ccc(-c2ncc(Cl)cc2Cl)c(Cl)c1O. The molecule has 3 rings (SSSR count). The maximum Gasteiger partial charge on any atom is 0.326 e. The predicted octanol–water partition coefficient (Wildman–Crippen LogP) is 6.68. The zero-order valence-corrected chi connectivity index (χ0v) is 18.4. The van der Waals surface area contributed by atoms with Gasteiger partial charge in [-0.3, -0.25) is 15.1 Å². The smallest absolute Gasteiger partial charge is 0.326 e. The number of anilines is 1. The molecule has 0 unspecified atom stereocenters. The van der Waals surface area contributed by atoms with Crippen LogP contribution in [0.3, 0.4) is 0 Å². The lowest BCUT2D eigenvalue weighted by Crippen LogP contribution is -2.34. The number of imide groups is 1. The molecule has 0 atom stereocenters. The highest BCUT2D eigenvalue weighted by molar-refractivity contribution is 6.40. The van der Waals surface area contributed by atoms with Crippen LogP contribution in [0.2, 0.25) is 25.1 Å². The Balaban J connectivity index is 1.81. The van der Waals surface area contributed by atoms with Crippen molar-refractivity contribution in [1.82, 2.24) is 10.3 Å². The van der Waals surface area contributed by atoms with Crippen LogP contribution in [-0.2, 0) is 0 Å². The monoisotopic (exact) mass is 503 g/mol. The van der Waals surface area contributed by atoms with Crippen LogP contribution in [0.5, 0.6) is 5.75 Å². The average molecular weight is 506 g/mol. The summed E-state index contributed by atoms with van der Waals surface area (Å²) >= 11 is 30.1. The quantitative estimate of drug-likeness (QED) is 0.346. The number of hydrogen-bond acceptors (Lipinski definition) is 4. The molecule has 6 nitrogen and oxygen atoms in total. The van der Waals surface area contributed by atoms with Crippen molar-refractivity contribution in [2.75, 3.05) is 5.32 Å². The van der Waals surface area contributed by atoms with Crippen LogP contribution in [0.4, 0.5) is 10.5 Å². The van der Waals surface area contributed by atoms with E-state index in [9.17, 15) is 14.7 Å². The second kappa shape index (κ2) is 9.29. The first-order chi connectivity index (χ1) is 14.2. The molecule has 30 heavy (non-hydrogen) atoms. The Morgan fingerprint density at radius 1 is 0.933 bits per heavy atom. The van der Waals surface area contributed by atoms with E-state index in [0.29, 0.717) is 16.3 Å². The van der Waals surface area contributed by atoms with E-state index in [-0.39, 0.29) is 31.3 Å². The number of urea groups is 1. The molecular weight excluding hydrogens is 495 g/mol. The maximum absolute atomic E-state index is 12.3. The highest BCUT2D eigenvalue weighted by Gasteiger charge is 2.20. The lowest BCUT2D eigenvalue weighted by molar-refractivity contribution is 0.0967. The third-order valence-electron chi connectivity index (χ3n) is 3.84. The average Bonchev–Trinajstić information content (AvgIpc) is 2.66. The van der Waals surface area contributed by atoms with Gasteiger partial charge in [0.05, 0.1) is 42.1 Å². The van der Waals surface area contributed by atoms with Crippen LogP contribution in [0.25, 0.3) is 11.3 Å². The number of pyridine rings is 1. The molecule has 0 aliphatic rings. The molecule has 0 saturated heterocycles. The summed E-state index contributed by atoms with van der Waals surface area (Å²) in [5.74, 6) is -1.26. The summed E-state index contributed by atoms with van der Waals surface area (Å²) in [6, 6.07) is 7.88. The van der Waals surface area contributed by atoms with Crippen molar-refractivity contribution in [3.8, 4) is 17.0 Å². The highest BCUT2D eigenvalue weighted by Crippen LogP contribution is 2.41. The van der Waals surface area contributed by atoms with Crippen LogP contribution in [0.15, 0.2) is 42.6 Å². The molecule has 0 aliphatic heterocycles. The standard InChI is InChI=1S/C19H10Cl5N3O3/c20-8-6-12(23)16(25-7-8)9-4-5-13(17(28)15(9)24)26-19(30)27-18(29)14-10(21)2-1-3-11(14)22/h1-7,28H,(H2,26,27,29,30). The molecule has 2 aromatic carbocycles. The highest BCUT2D eigenvalue weighted by atomic mass is 35.5. The number of rotatable bonds is 3. The van der Waals surface area contributed by atoms with E-state index in [0.717, 1.165) is 0 Å². The Hall–Kier alpha value is -2.22. The normalized spacial score (nSPS) is 10.6. The van der Waals surface area contributed by atoms with Gasteiger partial charge < -0.3 is 10.4 Å². The minimum Gasteiger partial charge on any atom is -0.504 e. The van der Waals surface area contributed by atoms with Gasteiger partial charge in [-0.05, 0) is 30.3 Å². The molecule has 0 aliphatic carbocycles. The minimum absolute atomic E-state index is 0.0515. The third-order valence-corrected chi connectivity index (χ3v) is 5.35. The summed E-state index contributed by atoms with van der Waals surface area (Å²) in [6.07, 6.45) is 1.38. The summed E-state index contributed by atoms with van der Waals surface area (Å²) in [5, 5.41) is 15.4. The van der Waals surface area contributed by atoms with Crippen molar-refractivity contribution in [3.05, 3.63) is 73.3 Å². The molecule has 1 heterocycles. The maximum atomic E-state index is 12.3. The number of phenolic OH excluding ortho intramolecular Hbond substituents is 1. The zero-order valence-electron chi connectivity index (χ0n) is 14.6. The predicted molar refractivity (Wildman–Crippen MR) is 119 cm³/mol. The number of phenols is 1. The summed E-state index contributed by atoms with van der Waals surface area (Å²) in [7, 11) is 0. The number of carbonyl (C=O) groups is 2. The fourth-order valence-electron chi connectivity index (χ4n) is 2.49. The van der Waals surface area contributed by atoms with Crippen LogP contribution in [-0.4, -0.2) is 22.0 Å². The first kappa shape index (κ1) is 22.5. The van der Waals surface area contributed by atoms with Crippen LogP contribution in [0.1, 0.15) is 10.4 Å². The molecule has 3 N–H and O–H groups in total. The largest absolute Gasteiger partial charge is 0.504 e. The van der Waals surface area contributed by atoms with Crippen molar-refractivity contribution in [1.29, 1.82) is 0 Å². The molecule has 3 aromatic rings. The number of hydrogen-bond donors (Lipinski definition) is 3. The Bertz CT molecular complexity index is 1150. The Morgan fingerprint density at radius 3 is 2.23 bits per heavy atom. The lowest BCUT2D eigenvalue weighted by Gasteiger charge is -2.13. The number of aromatic hydroxyl groups is 1. The van der Waals surface area contributed by atoms with E-state index in [1.165, 1.54) is 36.5 Å². The van der Waals surface area contributed by atoms with Crippen LogP contribution < -0.4 is 10.6 Å². The van der Waals surface area contributed by atoms with Crippen molar-refractivity contribution < 1.29 is 14.7 Å². The number of halogens is 5.